The van der Waals surface area contributed by atoms with Gasteiger partial charge in [0.05, 0.1) is 11.2 Å². The van der Waals surface area contributed by atoms with E-state index >= 15 is 0 Å². The molecule has 2 aromatic rings. The summed E-state index contributed by atoms with van der Waals surface area (Å²) in [5, 5.41) is 0.277. The van der Waals surface area contributed by atoms with E-state index in [1.165, 1.54) is 35.1 Å². The highest BCUT2D eigenvalue weighted by atomic mass is 32.2. The van der Waals surface area contributed by atoms with Crippen LogP contribution in [-0.4, -0.2) is 67.5 Å². The van der Waals surface area contributed by atoms with Gasteiger partial charge in [0.1, 0.15) is 5.82 Å². The molecule has 0 aliphatic carbocycles. The van der Waals surface area contributed by atoms with Gasteiger partial charge in [-0.25, -0.2) is 12.8 Å². The first-order valence-electron chi connectivity index (χ1n) is 9.08. The molecule has 2 heterocycles. The highest BCUT2D eigenvalue weighted by Crippen LogP contribution is 2.19. The van der Waals surface area contributed by atoms with Crippen LogP contribution in [0.2, 0.25) is 0 Å². The number of piperazine rings is 1. The third kappa shape index (κ3) is 4.51. The van der Waals surface area contributed by atoms with Crippen molar-refractivity contribution in [2.75, 3.05) is 26.2 Å². The molecule has 1 aliphatic heterocycles. The number of halogens is 1. The van der Waals surface area contributed by atoms with E-state index in [1.54, 1.807) is 0 Å². The normalized spacial score (nSPS) is 15.5. The van der Waals surface area contributed by atoms with E-state index < -0.39 is 32.8 Å². The van der Waals surface area contributed by atoms with Crippen LogP contribution in [0, 0.1) is 5.82 Å². The maximum atomic E-state index is 13.2. The van der Waals surface area contributed by atoms with Gasteiger partial charge in [-0.2, -0.15) is 0 Å². The number of carbonyl (C=O) groups excluding carboxylic acids is 3. The molecule has 1 aromatic heterocycles. The quantitative estimate of drug-likeness (QED) is 0.686. The van der Waals surface area contributed by atoms with Gasteiger partial charge >= 0.3 is 0 Å². The molecule has 1 fully saturated rings. The van der Waals surface area contributed by atoms with Gasteiger partial charge in [0.25, 0.3) is 11.8 Å². The van der Waals surface area contributed by atoms with Gasteiger partial charge in [0.15, 0.2) is 5.76 Å². The molecule has 3 amide bonds. The van der Waals surface area contributed by atoms with Gasteiger partial charge < -0.3 is 19.5 Å². The fourth-order valence-corrected chi connectivity index (χ4v) is 4.50. The molecule has 1 N–H and O–H groups in total. The summed E-state index contributed by atoms with van der Waals surface area (Å²) in [4.78, 5) is 39.5. The predicted octanol–water partition coefficient (Wildman–Crippen LogP) is 0.639. The molecule has 1 atom stereocenters. The van der Waals surface area contributed by atoms with Gasteiger partial charge in [-0.15, -0.1) is 0 Å². The second-order valence-electron chi connectivity index (χ2n) is 6.66. The zero-order valence-electron chi connectivity index (χ0n) is 16.1. The van der Waals surface area contributed by atoms with Crippen LogP contribution in [0.15, 0.2) is 52.0 Å². The van der Waals surface area contributed by atoms with Crippen molar-refractivity contribution in [2.24, 2.45) is 0 Å². The van der Waals surface area contributed by atoms with E-state index in [9.17, 15) is 27.2 Å². The monoisotopic (exact) mass is 437 g/mol. The Morgan fingerprint density at radius 2 is 1.63 bits per heavy atom. The number of rotatable bonds is 5. The van der Waals surface area contributed by atoms with Gasteiger partial charge in [0.2, 0.25) is 21.1 Å². The van der Waals surface area contributed by atoms with Crippen LogP contribution in [0.25, 0.3) is 0 Å². The standard InChI is InChI=1S/C19H20FN3O6S/c1-13(24)22-8-10-23(11-9-22)19(26)18(21-17(25)16-3-2-12-29-16)30(27,28)15-6-4-14(20)5-7-15/h2-7,12,18H,8-11H2,1H3,(H,21,25). The fourth-order valence-electron chi connectivity index (χ4n) is 3.04. The van der Waals surface area contributed by atoms with Crippen molar-refractivity contribution in [3.8, 4) is 0 Å². The van der Waals surface area contributed by atoms with E-state index in [4.69, 9.17) is 4.42 Å². The van der Waals surface area contributed by atoms with Crippen LogP contribution < -0.4 is 5.32 Å². The lowest BCUT2D eigenvalue weighted by Crippen LogP contribution is -2.57. The number of benzene rings is 1. The molecule has 9 nitrogen and oxygen atoms in total. The Morgan fingerprint density at radius 1 is 1.03 bits per heavy atom. The Labute approximate surface area is 172 Å². The van der Waals surface area contributed by atoms with Crippen LogP contribution in [0.5, 0.6) is 0 Å². The second kappa shape index (κ2) is 8.66. The Morgan fingerprint density at radius 3 is 2.17 bits per heavy atom. The summed E-state index contributed by atoms with van der Waals surface area (Å²) in [5.41, 5.74) is 0. The highest BCUT2D eigenvalue weighted by Gasteiger charge is 2.39. The number of nitrogens with zero attached hydrogens (tertiary/aromatic N) is 2. The largest absolute Gasteiger partial charge is 0.459 e. The molecule has 0 bridgehead atoms. The third-order valence-corrected chi connectivity index (χ3v) is 6.59. The number of hydrogen-bond acceptors (Lipinski definition) is 6. The van der Waals surface area contributed by atoms with Crippen LogP contribution in [0.3, 0.4) is 0 Å². The molecule has 11 heteroatoms. The number of furan rings is 1. The molecule has 1 aliphatic rings. The lowest BCUT2D eigenvalue weighted by Gasteiger charge is -2.35. The topological polar surface area (TPSA) is 117 Å². The van der Waals surface area contributed by atoms with Gasteiger partial charge in [-0.05, 0) is 36.4 Å². The second-order valence-corrected chi connectivity index (χ2v) is 8.69. The molecular formula is C19H20FN3O6S. The molecular weight excluding hydrogens is 417 g/mol. The maximum absolute atomic E-state index is 13.2. The first kappa shape index (κ1) is 21.5. The number of carbonyl (C=O) groups is 3. The molecule has 1 unspecified atom stereocenters. The predicted molar refractivity (Wildman–Crippen MR) is 102 cm³/mol. The number of hydrogen-bond donors (Lipinski definition) is 1. The van der Waals surface area contributed by atoms with Crippen molar-refractivity contribution in [3.05, 3.63) is 54.2 Å². The van der Waals surface area contributed by atoms with Crippen molar-refractivity contribution < 1.29 is 31.6 Å². The van der Waals surface area contributed by atoms with Crippen molar-refractivity contribution in [3.63, 3.8) is 0 Å². The van der Waals surface area contributed by atoms with E-state index in [0.717, 1.165) is 24.3 Å². The van der Waals surface area contributed by atoms with Crippen LogP contribution in [0.1, 0.15) is 17.5 Å². The van der Waals surface area contributed by atoms with Gasteiger partial charge in [-0.3, -0.25) is 14.4 Å². The summed E-state index contributed by atoms with van der Waals surface area (Å²) >= 11 is 0. The van der Waals surface area contributed by atoms with E-state index in [2.05, 4.69) is 5.32 Å². The lowest BCUT2D eigenvalue weighted by molar-refractivity contribution is -0.138. The zero-order chi connectivity index (χ0) is 21.9. The van der Waals surface area contributed by atoms with Crippen molar-refractivity contribution in [1.82, 2.24) is 15.1 Å². The van der Waals surface area contributed by atoms with E-state index in [1.807, 2.05) is 0 Å². The molecule has 0 spiro atoms. The molecule has 0 saturated carbocycles. The molecule has 1 aromatic carbocycles. The minimum atomic E-state index is -4.39. The average Bonchev–Trinajstić information content (AvgIpc) is 3.26. The lowest BCUT2D eigenvalue weighted by atomic mass is 10.3. The summed E-state index contributed by atoms with van der Waals surface area (Å²) < 4.78 is 44.5. The van der Waals surface area contributed by atoms with Gasteiger partial charge in [-0.1, -0.05) is 0 Å². The van der Waals surface area contributed by atoms with Crippen molar-refractivity contribution in [1.29, 1.82) is 0 Å². The Bertz CT molecular complexity index is 1030. The van der Waals surface area contributed by atoms with Gasteiger partial charge in [0, 0.05) is 33.1 Å². The third-order valence-electron chi connectivity index (χ3n) is 4.72. The van der Waals surface area contributed by atoms with Crippen LogP contribution in [-0.2, 0) is 19.4 Å². The fraction of sp³-hybridized carbons (Fsp3) is 0.316. The summed E-state index contributed by atoms with van der Waals surface area (Å²) in [6, 6.07) is 6.73. The maximum Gasteiger partial charge on any atom is 0.288 e. The number of sulfone groups is 1. The SMILES string of the molecule is CC(=O)N1CCN(C(=O)C(NC(=O)c2ccco2)S(=O)(=O)c2ccc(F)cc2)CC1. The van der Waals surface area contributed by atoms with Crippen LogP contribution in [0.4, 0.5) is 4.39 Å². The van der Waals surface area contributed by atoms with E-state index in [-0.39, 0.29) is 42.7 Å². The summed E-state index contributed by atoms with van der Waals surface area (Å²) in [6.45, 7) is 2.13. The highest BCUT2D eigenvalue weighted by molar-refractivity contribution is 7.92. The van der Waals surface area contributed by atoms with Crippen molar-refractivity contribution >= 4 is 27.6 Å². The van der Waals surface area contributed by atoms with Crippen LogP contribution >= 0.6 is 0 Å². The average molecular weight is 437 g/mol. The Hall–Kier alpha value is -3.21. The minimum absolute atomic E-state index is 0.116. The molecule has 0 radical (unpaired) electrons. The molecule has 3 rings (SSSR count). The summed E-state index contributed by atoms with van der Waals surface area (Å²) in [5.74, 6) is -2.68. The van der Waals surface area contributed by atoms with Crippen molar-refractivity contribution in [2.45, 2.75) is 17.2 Å². The first-order valence-corrected chi connectivity index (χ1v) is 10.6. The molecule has 30 heavy (non-hydrogen) atoms. The number of nitrogens with one attached hydrogen (secondary N) is 1. The smallest absolute Gasteiger partial charge is 0.288 e. The molecule has 1 saturated heterocycles. The summed E-state index contributed by atoms with van der Waals surface area (Å²) in [6.07, 6.45) is 1.24. The Balaban J connectivity index is 1.89. The molecule has 160 valence electrons. The summed E-state index contributed by atoms with van der Waals surface area (Å²) in [7, 11) is -4.39. The zero-order valence-corrected chi connectivity index (χ0v) is 16.9. The number of amides is 3. The first-order chi connectivity index (χ1) is 14.2. The minimum Gasteiger partial charge on any atom is -0.459 e. The van der Waals surface area contributed by atoms with E-state index in [0.29, 0.717) is 0 Å². The Kier molecular flexibility index (Phi) is 6.20.